The fourth-order valence-corrected chi connectivity index (χ4v) is 2.64. The first-order chi connectivity index (χ1) is 7.50. The van der Waals surface area contributed by atoms with E-state index in [2.05, 4.69) is 4.74 Å². The van der Waals surface area contributed by atoms with Crippen LogP contribution in [0.5, 0.6) is 0 Å². The van der Waals surface area contributed by atoms with Gasteiger partial charge >= 0.3 is 5.97 Å². The molecule has 1 aromatic carbocycles. The number of carbonyl (C=O) groups is 1. The zero-order valence-corrected chi connectivity index (χ0v) is 9.45. The second-order valence-corrected chi connectivity index (χ2v) is 5.54. The van der Waals surface area contributed by atoms with Gasteiger partial charge in [0.25, 0.3) is 0 Å². The largest absolute Gasteiger partial charge is 0.457 e. The number of cyclic esters (lactones) is 1. The quantitative estimate of drug-likeness (QED) is 0.726. The van der Waals surface area contributed by atoms with Crippen molar-refractivity contribution in [1.29, 1.82) is 0 Å². The van der Waals surface area contributed by atoms with E-state index in [1.807, 2.05) is 6.92 Å². The molecule has 0 spiro atoms. The van der Waals surface area contributed by atoms with Gasteiger partial charge < -0.3 is 4.74 Å². The number of benzene rings is 1. The van der Waals surface area contributed by atoms with Gasteiger partial charge in [-0.25, -0.2) is 13.2 Å². The van der Waals surface area contributed by atoms with Gasteiger partial charge in [0.2, 0.25) is 9.84 Å². The number of aryl methyl sites for hydroxylation is 1. The molecule has 0 aromatic heterocycles. The van der Waals surface area contributed by atoms with E-state index in [0.717, 1.165) is 11.6 Å². The molecule has 0 saturated heterocycles. The van der Waals surface area contributed by atoms with Gasteiger partial charge in [0, 0.05) is 6.08 Å². The summed E-state index contributed by atoms with van der Waals surface area (Å²) in [4.78, 5) is 11.0. The molecule has 84 valence electrons. The molecule has 16 heavy (non-hydrogen) atoms. The maximum absolute atomic E-state index is 12.0. The summed E-state index contributed by atoms with van der Waals surface area (Å²) in [5, 5.41) is 0. The van der Waals surface area contributed by atoms with Gasteiger partial charge in [0.1, 0.15) is 6.61 Å². The van der Waals surface area contributed by atoms with E-state index < -0.39 is 15.8 Å². The molecule has 0 N–H and O–H groups in total. The summed E-state index contributed by atoms with van der Waals surface area (Å²) in [7, 11) is -3.57. The van der Waals surface area contributed by atoms with Crippen LogP contribution in [0.4, 0.5) is 0 Å². The molecule has 0 radical (unpaired) electrons. The minimum absolute atomic E-state index is 0.0151. The molecule has 0 fully saturated rings. The number of carbonyl (C=O) groups excluding carboxylic acids is 1. The van der Waals surface area contributed by atoms with Crippen LogP contribution in [-0.4, -0.2) is 21.0 Å². The number of esters is 1. The van der Waals surface area contributed by atoms with E-state index in [0.29, 0.717) is 0 Å². The fraction of sp³-hybridized carbons (Fsp3) is 0.182. The Labute approximate surface area is 93.5 Å². The predicted octanol–water partition coefficient (Wildman–Crippen LogP) is 1.21. The van der Waals surface area contributed by atoms with Crippen LogP contribution in [0.3, 0.4) is 0 Å². The lowest BCUT2D eigenvalue weighted by Gasteiger charge is -2.03. The Bertz CT molecular complexity index is 552. The van der Waals surface area contributed by atoms with Gasteiger partial charge in [-0.2, -0.15) is 0 Å². The summed E-state index contributed by atoms with van der Waals surface area (Å²) in [6.45, 7) is 1.70. The van der Waals surface area contributed by atoms with Crippen molar-refractivity contribution in [1.82, 2.24) is 0 Å². The first-order valence-electron chi connectivity index (χ1n) is 4.69. The van der Waals surface area contributed by atoms with Crippen molar-refractivity contribution in [2.45, 2.75) is 11.8 Å². The third-order valence-electron chi connectivity index (χ3n) is 2.31. The molecule has 1 aromatic rings. The standard InChI is InChI=1S/C11H10O4S/c1-8-2-4-9(5-3-8)16(13,14)10-6-11(12)15-7-10/h2-6H,7H2,1H3. The monoisotopic (exact) mass is 238 g/mol. The Kier molecular flexibility index (Phi) is 2.55. The van der Waals surface area contributed by atoms with Crippen molar-refractivity contribution in [3.63, 3.8) is 0 Å². The van der Waals surface area contributed by atoms with Crippen LogP contribution in [0.1, 0.15) is 5.56 Å². The highest BCUT2D eigenvalue weighted by Crippen LogP contribution is 2.22. The van der Waals surface area contributed by atoms with Crippen molar-refractivity contribution in [3.8, 4) is 0 Å². The molecule has 4 nitrogen and oxygen atoms in total. The van der Waals surface area contributed by atoms with Crippen LogP contribution in [0.25, 0.3) is 0 Å². The lowest BCUT2D eigenvalue weighted by Crippen LogP contribution is -2.06. The summed E-state index contributed by atoms with van der Waals surface area (Å²) < 4.78 is 28.6. The highest BCUT2D eigenvalue weighted by atomic mass is 32.2. The topological polar surface area (TPSA) is 60.4 Å². The number of ether oxygens (including phenoxy) is 1. The van der Waals surface area contributed by atoms with Gasteiger partial charge in [-0.05, 0) is 19.1 Å². The van der Waals surface area contributed by atoms with E-state index in [-0.39, 0.29) is 16.4 Å². The second kappa shape index (κ2) is 3.75. The second-order valence-electron chi connectivity index (χ2n) is 3.53. The first-order valence-corrected chi connectivity index (χ1v) is 6.17. The predicted molar refractivity (Wildman–Crippen MR) is 57.4 cm³/mol. The smallest absolute Gasteiger partial charge is 0.332 e. The van der Waals surface area contributed by atoms with Crippen LogP contribution in [0.2, 0.25) is 0 Å². The molecule has 1 heterocycles. The Morgan fingerprint density at radius 3 is 2.31 bits per heavy atom. The minimum atomic E-state index is -3.57. The molecule has 1 aliphatic heterocycles. The van der Waals surface area contributed by atoms with E-state index >= 15 is 0 Å². The molecular weight excluding hydrogens is 228 g/mol. The first kappa shape index (κ1) is 10.9. The van der Waals surface area contributed by atoms with Crippen LogP contribution in [0, 0.1) is 6.92 Å². The summed E-state index contributed by atoms with van der Waals surface area (Å²) in [5.41, 5.74) is 0.978. The zero-order valence-electron chi connectivity index (χ0n) is 8.64. The van der Waals surface area contributed by atoms with E-state index in [4.69, 9.17) is 0 Å². The molecule has 0 aliphatic carbocycles. The molecule has 5 heteroatoms. The minimum Gasteiger partial charge on any atom is -0.457 e. The molecule has 0 amide bonds. The Morgan fingerprint density at radius 1 is 1.19 bits per heavy atom. The molecule has 2 rings (SSSR count). The number of hydrogen-bond acceptors (Lipinski definition) is 4. The maximum Gasteiger partial charge on any atom is 0.332 e. The van der Waals surface area contributed by atoms with Crippen molar-refractivity contribution in [2.75, 3.05) is 6.61 Å². The van der Waals surface area contributed by atoms with Crippen molar-refractivity contribution >= 4 is 15.8 Å². The average molecular weight is 238 g/mol. The SMILES string of the molecule is Cc1ccc(S(=O)(=O)C2=CC(=O)OC2)cc1. The van der Waals surface area contributed by atoms with Crippen LogP contribution >= 0.6 is 0 Å². The average Bonchev–Trinajstić information content (AvgIpc) is 2.66. The molecule has 1 aliphatic rings. The Morgan fingerprint density at radius 2 is 1.81 bits per heavy atom. The molecule has 0 bridgehead atoms. The number of rotatable bonds is 2. The maximum atomic E-state index is 12.0. The van der Waals surface area contributed by atoms with Crippen LogP contribution in [-0.2, 0) is 19.4 Å². The molecule has 0 saturated carbocycles. The number of hydrogen-bond donors (Lipinski definition) is 0. The third-order valence-corrected chi connectivity index (χ3v) is 4.13. The van der Waals surface area contributed by atoms with Crippen LogP contribution < -0.4 is 0 Å². The summed E-state index contributed by atoms with van der Waals surface area (Å²) in [5.74, 6) is -0.606. The lowest BCUT2D eigenvalue weighted by atomic mass is 10.2. The van der Waals surface area contributed by atoms with Crippen molar-refractivity contribution in [3.05, 3.63) is 40.8 Å². The summed E-state index contributed by atoms with van der Waals surface area (Å²) in [6, 6.07) is 6.47. The Hall–Kier alpha value is -1.62. The van der Waals surface area contributed by atoms with E-state index in [1.165, 1.54) is 12.1 Å². The van der Waals surface area contributed by atoms with E-state index in [9.17, 15) is 13.2 Å². The number of sulfone groups is 1. The summed E-state index contributed by atoms with van der Waals surface area (Å²) >= 11 is 0. The van der Waals surface area contributed by atoms with Gasteiger partial charge in [0.05, 0.1) is 9.80 Å². The molecule has 0 unspecified atom stereocenters. The zero-order chi connectivity index (χ0) is 11.8. The summed E-state index contributed by atoms with van der Waals surface area (Å²) in [6.07, 6.45) is 1.02. The third kappa shape index (κ3) is 1.86. The van der Waals surface area contributed by atoms with Crippen molar-refractivity contribution < 1.29 is 17.9 Å². The van der Waals surface area contributed by atoms with Gasteiger partial charge in [0.15, 0.2) is 0 Å². The van der Waals surface area contributed by atoms with Gasteiger partial charge in [-0.3, -0.25) is 0 Å². The van der Waals surface area contributed by atoms with E-state index in [1.54, 1.807) is 12.1 Å². The van der Waals surface area contributed by atoms with Crippen LogP contribution in [0.15, 0.2) is 40.1 Å². The highest BCUT2D eigenvalue weighted by Gasteiger charge is 2.26. The van der Waals surface area contributed by atoms with Gasteiger partial charge in [-0.1, -0.05) is 17.7 Å². The highest BCUT2D eigenvalue weighted by molar-refractivity contribution is 7.95. The fourth-order valence-electron chi connectivity index (χ4n) is 1.38. The normalized spacial score (nSPS) is 15.8. The molecular formula is C11H10O4S. The lowest BCUT2D eigenvalue weighted by molar-refractivity contribution is -0.134. The van der Waals surface area contributed by atoms with Crippen molar-refractivity contribution in [2.24, 2.45) is 0 Å². The molecule has 0 atom stereocenters. The Balaban J connectivity index is 2.44. The van der Waals surface area contributed by atoms with Gasteiger partial charge in [-0.15, -0.1) is 0 Å².